The van der Waals surface area contributed by atoms with Crippen molar-refractivity contribution in [1.29, 1.82) is 0 Å². The van der Waals surface area contributed by atoms with Gasteiger partial charge in [0, 0.05) is 98.7 Å². The van der Waals surface area contributed by atoms with Gasteiger partial charge in [0.25, 0.3) is 0 Å². The fraction of sp³-hybridized carbons (Fsp3) is 0.260. The molecule has 122 heavy (non-hydrogen) atoms. The number of hydrogen-bond acceptors (Lipinski definition) is 16. The van der Waals surface area contributed by atoms with Crippen LogP contribution in [0.25, 0.3) is 202 Å². The number of nitrogens with zero attached hydrogens (tertiary/aromatic N) is 18. The van der Waals surface area contributed by atoms with Gasteiger partial charge < -0.3 is 19.9 Å². The van der Waals surface area contributed by atoms with E-state index in [0.29, 0.717) is 116 Å². The Balaban J connectivity index is 0.605. The third-order valence-electron chi connectivity index (χ3n) is 24.2. The Bertz CT molecular complexity index is 7260. The molecule has 22 heteroatoms. The zero-order valence-electron chi connectivity index (χ0n) is 71.8. The van der Waals surface area contributed by atoms with E-state index in [2.05, 4.69) is 314 Å². The second kappa shape index (κ2) is 26.7. The number of benzene rings is 9. The lowest BCUT2D eigenvalue weighted by Crippen LogP contribution is -2.10. The second-order valence-electron chi connectivity index (χ2n) is 39.2. The van der Waals surface area contributed by atoms with Crippen molar-refractivity contribution in [3.63, 3.8) is 0 Å². The summed E-state index contributed by atoms with van der Waals surface area (Å²) in [6, 6.07) is 60.1. The SMILES string of the molecule is CC(C)(C)c1ccc2c(c1)-c1nc-2nc2[nH]c(nc3nc(nc4[nH]c(n1)c1ccc(C(C)(C)C)cc41)-c1cc(-c4cn(Cc5ccc(Cn6cc(-c7ccc8c(c7)-c7nc-8nc8[nH]c(nc9nc(nc%10[nH]c(n7)c7cc(C(C)(C)C)ccc%107)-c7cc(C(C)(C)C)ccc7-9)c7cc(C(C)(C)C)ccc87)nn6)cc5)nn4)ccc1-3)c1ccc(C(C)(C)C)cc21. The Labute approximate surface area is 704 Å². The molecular formula is C100H92N22. The Kier molecular flexibility index (Phi) is 16.5. The first-order valence-corrected chi connectivity index (χ1v) is 41.8. The molecule has 0 radical (unpaired) electrons. The zero-order valence-corrected chi connectivity index (χ0v) is 71.8. The number of aromatic nitrogens is 22. The second-order valence-corrected chi connectivity index (χ2v) is 39.2. The smallest absolute Gasteiger partial charge is 0.164 e. The summed E-state index contributed by atoms with van der Waals surface area (Å²) in [6.07, 6.45) is 3.97. The number of rotatable bonds is 6. The van der Waals surface area contributed by atoms with Gasteiger partial charge in [0.1, 0.15) is 56.6 Å². The third-order valence-corrected chi connectivity index (χ3v) is 24.2. The van der Waals surface area contributed by atoms with E-state index in [0.717, 1.165) is 121 Å². The van der Waals surface area contributed by atoms with Gasteiger partial charge in [-0.2, -0.15) is 0 Å². The standard InChI is InChI=1S/C100H92N22/c1-95(2,3)55-25-33-63-71(41-55)89-105-81(63)101-79-61-31-23-53(39-69(61)87(103-79)115-93-75-45-59(99(13,14)15)29-37-67(75)85(113-93)111-91-73-43-57(97(7,8)9)27-35-65(73)83(107-89)109-91)77-49-121(119-117-77)47-51-19-21-52(22-20-51)48-122-50-78(118-120-122)54-24-32-62-70(40-54)88-104-80(62)102-82-64-34-26-56(96(4,5)6)42-72(64)90(106-82)108-84-66-36-28-58(98(10,11)12)44-74(66)92(110-84)112-86-68-38-30-60(100(16,17)18)46-76(68)94(114-86)116-88/h19-46,49-50H,47-48H2,1-18H3,(H2,101,103,105,107,109,111,113,115)(H2,102,104,106,108,110,112,114,116). The summed E-state index contributed by atoms with van der Waals surface area (Å²) in [5.74, 6) is 4.24. The van der Waals surface area contributed by atoms with Crippen LogP contribution in [0, 0.1) is 0 Å². The average molecular weight is 1600 g/mol. The van der Waals surface area contributed by atoms with E-state index in [-0.39, 0.29) is 32.5 Å². The van der Waals surface area contributed by atoms with Crippen LogP contribution in [0.4, 0.5) is 0 Å². The van der Waals surface area contributed by atoms with Crippen LogP contribution in [0.15, 0.2) is 182 Å². The van der Waals surface area contributed by atoms with Crippen LogP contribution in [0.3, 0.4) is 0 Å². The Morgan fingerprint density at radius 1 is 0.221 bits per heavy atom. The summed E-state index contributed by atoms with van der Waals surface area (Å²) >= 11 is 0. The van der Waals surface area contributed by atoms with E-state index >= 15 is 0 Å². The summed E-state index contributed by atoms with van der Waals surface area (Å²) in [4.78, 5) is 79.3. The lowest BCUT2D eigenvalue weighted by atomic mass is 9.85. The number of fused-ring (bicyclic) bond motifs is 40. The maximum atomic E-state index is 5.48. The zero-order chi connectivity index (χ0) is 84.3. The lowest BCUT2D eigenvalue weighted by molar-refractivity contribution is 0.590. The van der Waals surface area contributed by atoms with Gasteiger partial charge in [-0.05, 0) is 138 Å². The quantitative estimate of drug-likeness (QED) is 0.120. The number of nitrogens with one attached hydrogen (secondary N) is 4. The van der Waals surface area contributed by atoms with Gasteiger partial charge in [-0.1, -0.05) is 244 Å². The molecule has 8 aromatic heterocycles. The average Bonchev–Trinajstić information content (AvgIpc) is 1.59. The van der Waals surface area contributed by atoms with Gasteiger partial charge in [-0.3, -0.25) is 0 Å². The Hall–Kier alpha value is -14.0. The molecule has 0 spiro atoms. The monoisotopic (exact) mass is 1600 g/mol. The topological polar surface area (TPSA) is 279 Å². The van der Waals surface area contributed by atoms with Crippen LogP contribution >= 0.6 is 0 Å². The van der Waals surface area contributed by atoms with Gasteiger partial charge in [0.2, 0.25) is 0 Å². The summed E-state index contributed by atoms with van der Waals surface area (Å²) in [5, 5.41) is 26.3. The Morgan fingerprint density at radius 2 is 0.443 bits per heavy atom. The highest BCUT2D eigenvalue weighted by atomic mass is 15.4. The molecule has 4 aliphatic rings. The van der Waals surface area contributed by atoms with E-state index in [9.17, 15) is 0 Å². The maximum Gasteiger partial charge on any atom is 0.164 e. The number of hydrogen-bond donors (Lipinski definition) is 4. The van der Waals surface area contributed by atoms with Gasteiger partial charge in [0.15, 0.2) is 46.6 Å². The van der Waals surface area contributed by atoms with Crippen LogP contribution in [0.2, 0.25) is 0 Å². The van der Waals surface area contributed by atoms with Gasteiger partial charge in [-0.15, -0.1) is 10.2 Å². The van der Waals surface area contributed by atoms with Gasteiger partial charge in [0.05, 0.1) is 25.5 Å². The summed E-state index contributed by atoms with van der Waals surface area (Å²) in [5.41, 5.74) is 23.2. The van der Waals surface area contributed by atoms with Crippen molar-refractivity contribution in [2.45, 2.75) is 170 Å². The molecule has 0 fully saturated rings. The minimum Gasteiger partial charge on any atom is -0.324 e. The molecule has 0 aliphatic carbocycles. The molecule has 0 saturated carbocycles. The molecule has 602 valence electrons. The summed E-state index contributed by atoms with van der Waals surface area (Å²) in [6.45, 7) is 41.0. The van der Waals surface area contributed by atoms with Crippen molar-refractivity contribution < 1.29 is 0 Å². The summed E-state index contributed by atoms with van der Waals surface area (Å²) < 4.78 is 3.73. The van der Waals surface area contributed by atoms with Gasteiger partial charge in [-0.25, -0.2) is 69.2 Å². The van der Waals surface area contributed by atoms with E-state index in [1.807, 2.05) is 21.8 Å². The molecule has 12 heterocycles. The van der Waals surface area contributed by atoms with E-state index in [1.54, 1.807) is 0 Å². The Morgan fingerprint density at radius 3 is 0.705 bits per heavy atom. The van der Waals surface area contributed by atoms with Crippen molar-refractivity contribution in [3.05, 3.63) is 227 Å². The fourth-order valence-electron chi connectivity index (χ4n) is 16.8. The molecule has 21 rings (SSSR count). The predicted molar refractivity (Wildman–Crippen MR) is 487 cm³/mol. The highest BCUT2D eigenvalue weighted by Gasteiger charge is 2.31. The van der Waals surface area contributed by atoms with Crippen LogP contribution in [-0.4, -0.2) is 110 Å². The van der Waals surface area contributed by atoms with Crippen LogP contribution in [0.1, 0.15) is 169 Å². The minimum absolute atomic E-state index is 0.131. The van der Waals surface area contributed by atoms with Crippen LogP contribution < -0.4 is 0 Å². The number of H-pyrrole nitrogens is 4. The third kappa shape index (κ3) is 13.2. The van der Waals surface area contributed by atoms with Crippen molar-refractivity contribution in [2.75, 3.05) is 0 Å². The first kappa shape index (κ1) is 75.5. The largest absolute Gasteiger partial charge is 0.324 e. The first-order chi connectivity index (χ1) is 58.1. The predicted octanol–water partition coefficient (Wildman–Crippen LogP) is 22.5. The molecule has 16 bridgehead atoms. The molecule has 0 atom stereocenters. The molecular weight excluding hydrogens is 1510 g/mol. The van der Waals surface area contributed by atoms with E-state index in [1.165, 1.54) is 22.3 Å². The molecule has 0 amide bonds. The number of aromatic amines is 4. The van der Waals surface area contributed by atoms with Crippen molar-refractivity contribution in [1.82, 2.24) is 110 Å². The molecule has 9 aromatic carbocycles. The maximum absolute atomic E-state index is 5.48. The molecule has 0 unspecified atom stereocenters. The van der Waals surface area contributed by atoms with Crippen molar-refractivity contribution in [2.24, 2.45) is 0 Å². The molecule has 22 nitrogen and oxygen atoms in total. The molecule has 17 aromatic rings. The van der Waals surface area contributed by atoms with Gasteiger partial charge >= 0.3 is 0 Å². The van der Waals surface area contributed by atoms with Crippen molar-refractivity contribution in [3.8, 4) is 114 Å². The summed E-state index contributed by atoms with van der Waals surface area (Å²) in [7, 11) is 0. The van der Waals surface area contributed by atoms with Crippen LogP contribution in [-0.2, 0) is 45.6 Å². The van der Waals surface area contributed by atoms with Crippen LogP contribution in [0.5, 0.6) is 0 Å². The molecule has 4 aliphatic heterocycles. The minimum atomic E-state index is -0.156. The highest BCUT2D eigenvalue weighted by molar-refractivity contribution is 6.09. The van der Waals surface area contributed by atoms with Crippen molar-refractivity contribution >= 4 is 88.3 Å². The normalized spacial score (nSPS) is 13.1. The lowest BCUT2D eigenvalue weighted by Gasteiger charge is -2.19. The molecule has 0 saturated heterocycles. The first-order valence-electron chi connectivity index (χ1n) is 41.8. The van der Waals surface area contributed by atoms with E-state index < -0.39 is 0 Å². The molecule has 4 N–H and O–H groups in total. The highest BCUT2D eigenvalue weighted by Crippen LogP contribution is 2.46. The van der Waals surface area contributed by atoms with E-state index in [4.69, 9.17) is 80.4 Å². The fourth-order valence-corrected chi connectivity index (χ4v) is 16.8.